The van der Waals surface area contributed by atoms with Crippen molar-refractivity contribution in [2.24, 2.45) is 0 Å². The highest BCUT2D eigenvalue weighted by Crippen LogP contribution is 2.32. The first-order chi connectivity index (χ1) is 9.88. The molecule has 0 N–H and O–H groups in total. The number of nitrogens with zero attached hydrogens (tertiary/aromatic N) is 3. The average molecular weight is 326 g/mol. The molecule has 2 aromatic heterocycles. The summed E-state index contributed by atoms with van der Waals surface area (Å²) in [5, 5.41) is 4.32. The zero-order valence-electron chi connectivity index (χ0n) is 11.4. The van der Waals surface area contributed by atoms with Crippen molar-refractivity contribution in [1.82, 2.24) is 14.7 Å². The molecule has 0 aliphatic carbocycles. The average Bonchev–Trinajstić information content (AvgIpc) is 2.92. The fourth-order valence-electron chi connectivity index (χ4n) is 2.45. The minimum Gasteiger partial charge on any atom is -0.337 e. The SMILES string of the molecule is Cc1noc(Cn2c(C)c(S(=O)(=O)Cl)c3ccccc32)n1. The van der Waals surface area contributed by atoms with Crippen molar-refractivity contribution in [3.63, 3.8) is 0 Å². The third-order valence-electron chi connectivity index (χ3n) is 3.28. The molecule has 0 unspecified atom stereocenters. The molecule has 1 aromatic carbocycles. The summed E-state index contributed by atoms with van der Waals surface area (Å²) in [5.74, 6) is 0.944. The Labute approximate surface area is 125 Å². The smallest absolute Gasteiger partial charge is 0.263 e. The molecule has 0 saturated carbocycles. The van der Waals surface area contributed by atoms with Gasteiger partial charge in [-0.1, -0.05) is 23.4 Å². The normalized spacial score (nSPS) is 12.1. The highest BCUT2D eigenvalue weighted by atomic mass is 35.7. The Morgan fingerprint density at radius 1 is 1.29 bits per heavy atom. The van der Waals surface area contributed by atoms with Gasteiger partial charge in [-0.2, -0.15) is 4.98 Å². The lowest BCUT2D eigenvalue weighted by Crippen LogP contribution is -2.03. The summed E-state index contributed by atoms with van der Waals surface area (Å²) in [6, 6.07) is 7.17. The lowest BCUT2D eigenvalue weighted by molar-refractivity contribution is 0.368. The summed E-state index contributed by atoms with van der Waals surface area (Å²) < 4.78 is 30.6. The van der Waals surface area contributed by atoms with E-state index in [1.54, 1.807) is 30.5 Å². The van der Waals surface area contributed by atoms with Gasteiger partial charge in [0, 0.05) is 21.8 Å². The summed E-state index contributed by atoms with van der Waals surface area (Å²) in [5.41, 5.74) is 1.30. The van der Waals surface area contributed by atoms with Gasteiger partial charge in [-0.15, -0.1) is 0 Å². The zero-order chi connectivity index (χ0) is 15.2. The van der Waals surface area contributed by atoms with E-state index in [1.165, 1.54) is 0 Å². The van der Waals surface area contributed by atoms with Gasteiger partial charge in [0.05, 0.1) is 5.52 Å². The van der Waals surface area contributed by atoms with Gasteiger partial charge in [0.25, 0.3) is 9.05 Å². The monoisotopic (exact) mass is 325 g/mol. The summed E-state index contributed by atoms with van der Waals surface area (Å²) in [6.07, 6.45) is 0. The topological polar surface area (TPSA) is 78.0 Å². The van der Waals surface area contributed by atoms with Crippen LogP contribution in [0.5, 0.6) is 0 Å². The Kier molecular flexibility index (Phi) is 3.26. The van der Waals surface area contributed by atoms with E-state index in [0.29, 0.717) is 29.3 Å². The van der Waals surface area contributed by atoms with E-state index < -0.39 is 9.05 Å². The Balaban J connectivity index is 2.25. The predicted octanol–water partition coefficient (Wildman–Crippen LogP) is 2.62. The highest BCUT2D eigenvalue weighted by molar-refractivity contribution is 8.14. The number of rotatable bonds is 3. The molecular formula is C13H12ClN3O3S. The number of hydrogen-bond acceptors (Lipinski definition) is 5. The first-order valence-electron chi connectivity index (χ1n) is 6.19. The molecule has 8 heteroatoms. The number of para-hydroxylation sites is 1. The fraction of sp³-hybridized carbons (Fsp3) is 0.231. The largest absolute Gasteiger partial charge is 0.337 e. The Morgan fingerprint density at radius 3 is 2.62 bits per heavy atom. The van der Waals surface area contributed by atoms with Gasteiger partial charge < -0.3 is 9.09 Å². The maximum Gasteiger partial charge on any atom is 0.263 e. The van der Waals surface area contributed by atoms with Crippen LogP contribution in [0, 0.1) is 13.8 Å². The summed E-state index contributed by atoms with van der Waals surface area (Å²) >= 11 is 0. The van der Waals surface area contributed by atoms with Gasteiger partial charge in [-0.25, -0.2) is 8.42 Å². The van der Waals surface area contributed by atoms with E-state index in [0.717, 1.165) is 5.52 Å². The molecule has 0 bridgehead atoms. The van der Waals surface area contributed by atoms with Crippen LogP contribution in [0.4, 0.5) is 0 Å². The number of aromatic nitrogens is 3. The van der Waals surface area contributed by atoms with Gasteiger partial charge in [-0.3, -0.25) is 0 Å². The van der Waals surface area contributed by atoms with Crippen LogP contribution in [0.15, 0.2) is 33.7 Å². The molecule has 0 atom stereocenters. The Hall–Kier alpha value is -1.86. The number of aryl methyl sites for hydroxylation is 1. The molecule has 6 nitrogen and oxygen atoms in total. The third-order valence-corrected chi connectivity index (χ3v) is 4.75. The second kappa shape index (κ2) is 4.85. The maximum absolute atomic E-state index is 11.8. The van der Waals surface area contributed by atoms with Crippen LogP contribution >= 0.6 is 10.7 Å². The molecule has 0 radical (unpaired) electrons. The first-order valence-corrected chi connectivity index (χ1v) is 8.50. The van der Waals surface area contributed by atoms with E-state index in [1.807, 2.05) is 12.1 Å². The van der Waals surface area contributed by atoms with Gasteiger partial charge in [0.1, 0.15) is 11.4 Å². The van der Waals surface area contributed by atoms with Crippen molar-refractivity contribution in [1.29, 1.82) is 0 Å². The van der Waals surface area contributed by atoms with Crippen molar-refractivity contribution in [3.8, 4) is 0 Å². The number of benzene rings is 1. The Morgan fingerprint density at radius 2 is 2.00 bits per heavy atom. The van der Waals surface area contributed by atoms with Gasteiger partial charge in [0.15, 0.2) is 5.82 Å². The molecule has 0 amide bonds. The third kappa shape index (κ3) is 2.43. The Bertz CT molecular complexity index is 927. The maximum atomic E-state index is 11.8. The summed E-state index contributed by atoms with van der Waals surface area (Å²) in [7, 11) is 1.73. The van der Waals surface area contributed by atoms with Crippen LogP contribution in [0.25, 0.3) is 10.9 Å². The van der Waals surface area contributed by atoms with Crippen LogP contribution in [0.2, 0.25) is 0 Å². The minimum atomic E-state index is -3.84. The van der Waals surface area contributed by atoms with Gasteiger partial charge in [-0.05, 0) is 19.9 Å². The van der Waals surface area contributed by atoms with E-state index in [-0.39, 0.29) is 4.90 Å². The van der Waals surface area contributed by atoms with E-state index >= 15 is 0 Å². The lowest BCUT2D eigenvalue weighted by Gasteiger charge is -2.04. The van der Waals surface area contributed by atoms with Crippen LogP contribution in [-0.2, 0) is 15.6 Å². The van der Waals surface area contributed by atoms with Crippen LogP contribution in [0.1, 0.15) is 17.4 Å². The summed E-state index contributed by atoms with van der Waals surface area (Å²) in [4.78, 5) is 4.27. The van der Waals surface area contributed by atoms with Crippen molar-refractivity contribution < 1.29 is 12.9 Å². The second-order valence-corrected chi connectivity index (χ2v) is 7.19. The van der Waals surface area contributed by atoms with Crippen molar-refractivity contribution >= 4 is 30.6 Å². The van der Waals surface area contributed by atoms with E-state index in [2.05, 4.69) is 10.1 Å². The number of halogens is 1. The second-order valence-electron chi connectivity index (χ2n) is 4.69. The fourth-order valence-corrected chi connectivity index (χ4v) is 3.93. The molecule has 110 valence electrons. The lowest BCUT2D eigenvalue weighted by atomic mass is 10.2. The zero-order valence-corrected chi connectivity index (χ0v) is 12.9. The van der Waals surface area contributed by atoms with Crippen LogP contribution in [-0.4, -0.2) is 23.1 Å². The minimum absolute atomic E-state index is 0.121. The van der Waals surface area contributed by atoms with Crippen molar-refractivity contribution in [2.75, 3.05) is 0 Å². The quantitative estimate of drug-likeness (QED) is 0.692. The van der Waals surface area contributed by atoms with Crippen molar-refractivity contribution in [2.45, 2.75) is 25.3 Å². The standard InChI is InChI=1S/C13H12ClN3O3S/c1-8-13(21(14,18)19)10-5-3-4-6-11(10)17(8)7-12-15-9(2)16-20-12/h3-6H,7H2,1-2H3. The molecule has 21 heavy (non-hydrogen) atoms. The summed E-state index contributed by atoms with van der Waals surface area (Å²) in [6.45, 7) is 3.72. The molecule has 2 heterocycles. The molecule has 3 aromatic rings. The van der Waals surface area contributed by atoms with E-state index in [4.69, 9.17) is 15.2 Å². The highest BCUT2D eigenvalue weighted by Gasteiger charge is 2.23. The molecule has 0 aliphatic rings. The van der Waals surface area contributed by atoms with E-state index in [9.17, 15) is 8.42 Å². The molecule has 0 spiro atoms. The first kappa shape index (κ1) is 14.1. The molecule has 0 fully saturated rings. The van der Waals surface area contributed by atoms with Gasteiger partial charge in [0.2, 0.25) is 5.89 Å². The van der Waals surface area contributed by atoms with Gasteiger partial charge >= 0.3 is 0 Å². The number of fused-ring (bicyclic) bond motifs is 1. The molecule has 3 rings (SSSR count). The predicted molar refractivity (Wildman–Crippen MR) is 77.9 cm³/mol. The van der Waals surface area contributed by atoms with Crippen LogP contribution < -0.4 is 0 Å². The molecular weight excluding hydrogens is 314 g/mol. The number of hydrogen-bond donors (Lipinski definition) is 0. The van der Waals surface area contributed by atoms with Crippen molar-refractivity contribution in [3.05, 3.63) is 41.7 Å². The molecule has 0 aliphatic heterocycles. The molecule has 0 saturated heterocycles. The van der Waals surface area contributed by atoms with Crippen LogP contribution in [0.3, 0.4) is 0 Å².